The Balaban J connectivity index is 1.40. The molecular weight excluding hydrogens is 326 g/mol. The first-order chi connectivity index (χ1) is 12.8. The van der Waals surface area contributed by atoms with Crippen LogP contribution in [0.15, 0.2) is 43.0 Å². The van der Waals surface area contributed by atoms with Crippen molar-refractivity contribution >= 4 is 5.91 Å². The quantitative estimate of drug-likeness (QED) is 0.842. The van der Waals surface area contributed by atoms with Crippen LogP contribution in [0.2, 0.25) is 0 Å². The van der Waals surface area contributed by atoms with E-state index in [1.165, 1.54) is 31.5 Å². The molecule has 6 heteroatoms. The van der Waals surface area contributed by atoms with Crippen LogP contribution in [-0.4, -0.2) is 62.2 Å². The van der Waals surface area contributed by atoms with Crippen molar-refractivity contribution in [1.29, 1.82) is 0 Å². The minimum absolute atomic E-state index is 0.279. The second kappa shape index (κ2) is 6.50. The van der Waals surface area contributed by atoms with Crippen LogP contribution in [0.25, 0.3) is 0 Å². The molecule has 0 N–H and O–H groups in total. The van der Waals surface area contributed by atoms with Gasteiger partial charge in [-0.3, -0.25) is 9.69 Å². The summed E-state index contributed by atoms with van der Waals surface area (Å²) in [5.74, 6) is 1.38. The fraction of sp³-hybridized carbons (Fsp3) is 0.550. The van der Waals surface area contributed by atoms with Crippen molar-refractivity contribution in [1.82, 2.24) is 24.6 Å². The van der Waals surface area contributed by atoms with Gasteiger partial charge in [0.2, 0.25) is 5.91 Å². The summed E-state index contributed by atoms with van der Waals surface area (Å²) in [7, 11) is 0. The molecule has 1 amide bonds. The Kier molecular flexibility index (Phi) is 4.00. The van der Waals surface area contributed by atoms with Crippen molar-refractivity contribution in [3.8, 4) is 0 Å². The van der Waals surface area contributed by atoms with E-state index in [4.69, 9.17) is 0 Å². The molecule has 0 radical (unpaired) electrons. The van der Waals surface area contributed by atoms with Crippen molar-refractivity contribution in [2.24, 2.45) is 5.92 Å². The Hall–Kier alpha value is -2.21. The van der Waals surface area contributed by atoms with Crippen molar-refractivity contribution in [3.05, 3.63) is 48.5 Å². The van der Waals surface area contributed by atoms with Crippen LogP contribution in [0.4, 0.5) is 0 Å². The van der Waals surface area contributed by atoms with Gasteiger partial charge in [0.15, 0.2) is 0 Å². The normalized spacial score (nSPS) is 32.6. The Morgan fingerprint density at radius 2 is 1.77 bits per heavy atom. The number of piperidine rings is 3. The minimum Gasteiger partial charge on any atom is -0.337 e. The molecule has 4 aliphatic heterocycles. The highest BCUT2D eigenvalue weighted by Gasteiger charge is 2.54. The van der Waals surface area contributed by atoms with Gasteiger partial charge in [-0.2, -0.15) is 0 Å². The van der Waals surface area contributed by atoms with Crippen molar-refractivity contribution in [3.63, 3.8) is 0 Å². The monoisotopic (exact) mass is 351 g/mol. The summed E-state index contributed by atoms with van der Waals surface area (Å²) in [6.07, 6.45) is 6.35. The number of aromatic nitrogens is 3. The number of hydrogen-bond donors (Lipinski definition) is 0. The number of benzene rings is 1. The predicted octanol–water partition coefficient (Wildman–Crippen LogP) is 1.76. The van der Waals surface area contributed by atoms with Crippen LogP contribution in [0.5, 0.6) is 0 Å². The average Bonchev–Trinajstić information content (AvgIpc) is 3.37. The van der Waals surface area contributed by atoms with E-state index in [0.29, 0.717) is 36.9 Å². The molecule has 2 bridgehead atoms. The Labute approximate surface area is 153 Å². The maximum Gasteiger partial charge on any atom is 0.224 e. The molecular formula is C20H25N5O. The van der Waals surface area contributed by atoms with Gasteiger partial charge in [0, 0.05) is 31.5 Å². The molecule has 3 atom stereocenters. The Bertz CT molecular complexity index is 754. The molecule has 1 aromatic heterocycles. The zero-order chi connectivity index (χ0) is 17.5. The Morgan fingerprint density at radius 1 is 1.04 bits per heavy atom. The third kappa shape index (κ3) is 2.63. The summed E-state index contributed by atoms with van der Waals surface area (Å²) in [5, 5.41) is 7.65. The van der Waals surface area contributed by atoms with Gasteiger partial charge in [-0.15, -0.1) is 10.2 Å². The SMILES string of the molecule is O=C(CCn1cnnc1)N1C[C@H](c2ccccc2)[C@H]2[C@@H]1C1CCN2CC1. The molecule has 136 valence electrons. The van der Waals surface area contributed by atoms with Crippen LogP contribution in [0.1, 0.15) is 30.7 Å². The van der Waals surface area contributed by atoms with Gasteiger partial charge in [-0.25, -0.2) is 0 Å². The van der Waals surface area contributed by atoms with Gasteiger partial charge in [0.1, 0.15) is 12.7 Å². The number of aryl methyl sites for hydroxylation is 1. The van der Waals surface area contributed by atoms with E-state index in [0.717, 1.165) is 6.54 Å². The zero-order valence-electron chi connectivity index (χ0n) is 14.9. The van der Waals surface area contributed by atoms with Crippen LogP contribution in [0.3, 0.4) is 0 Å². The molecule has 0 unspecified atom stereocenters. The fourth-order valence-corrected chi connectivity index (χ4v) is 5.40. The second-order valence-electron chi connectivity index (χ2n) is 7.87. The van der Waals surface area contributed by atoms with E-state index >= 15 is 0 Å². The van der Waals surface area contributed by atoms with E-state index in [-0.39, 0.29) is 5.91 Å². The number of rotatable bonds is 4. The first-order valence-corrected chi connectivity index (χ1v) is 9.72. The molecule has 26 heavy (non-hydrogen) atoms. The largest absolute Gasteiger partial charge is 0.337 e. The maximum atomic E-state index is 13.1. The third-order valence-corrected chi connectivity index (χ3v) is 6.59. The number of amides is 1. The lowest BCUT2D eigenvalue weighted by Gasteiger charge is -2.51. The summed E-state index contributed by atoms with van der Waals surface area (Å²) >= 11 is 0. The minimum atomic E-state index is 0.279. The fourth-order valence-electron chi connectivity index (χ4n) is 5.40. The van der Waals surface area contributed by atoms with Gasteiger partial charge in [0.05, 0.1) is 6.04 Å². The van der Waals surface area contributed by atoms with Gasteiger partial charge in [0.25, 0.3) is 0 Å². The van der Waals surface area contributed by atoms with Gasteiger partial charge in [-0.1, -0.05) is 30.3 Å². The van der Waals surface area contributed by atoms with Crippen molar-refractivity contribution in [2.75, 3.05) is 19.6 Å². The Morgan fingerprint density at radius 3 is 2.50 bits per heavy atom. The third-order valence-electron chi connectivity index (χ3n) is 6.59. The summed E-state index contributed by atoms with van der Waals surface area (Å²) < 4.78 is 1.89. The van der Waals surface area contributed by atoms with Crippen molar-refractivity contribution in [2.45, 2.75) is 43.8 Å². The highest BCUT2D eigenvalue weighted by Crippen LogP contribution is 2.46. The van der Waals surface area contributed by atoms with E-state index < -0.39 is 0 Å². The average molecular weight is 351 g/mol. The lowest BCUT2D eigenvalue weighted by molar-refractivity contribution is -0.136. The van der Waals surface area contributed by atoms with Crippen molar-refractivity contribution < 1.29 is 4.79 Å². The molecule has 5 heterocycles. The van der Waals surface area contributed by atoms with Gasteiger partial charge < -0.3 is 9.47 Å². The second-order valence-corrected chi connectivity index (χ2v) is 7.87. The number of nitrogens with zero attached hydrogens (tertiary/aromatic N) is 5. The smallest absolute Gasteiger partial charge is 0.224 e. The molecule has 0 spiro atoms. The lowest BCUT2D eigenvalue weighted by atomic mass is 9.75. The molecule has 0 saturated carbocycles. The molecule has 6 nitrogen and oxygen atoms in total. The standard InChI is InChI=1S/C20H25N5O/c26-18(8-9-23-13-21-22-14-23)25-12-17(15-4-2-1-3-5-15)20-19(25)16-6-10-24(20)11-7-16/h1-5,13-14,16-17,19-20H,6-12H2/t17-,19+,20+/m1/s1. The topological polar surface area (TPSA) is 54.3 Å². The highest BCUT2D eigenvalue weighted by atomic mass is 16.2. The first-order valence-electron chi connectivity index (χ1n) is 9.72. The summed E-state index contributed by atoms with van der Waals surface area (Å²) in [6, 6.07) is 11.7. The van der Waals surface area contributed by atoms with Crippen LogP contribution in [0, 0.1) is 5.92 Å². The summed E-state index contributed by atoms with van der Waals surface area (Å²) in [4.78, 5) is 18.0. The van der Waals surface area contributed by atoms with Crippen LogP contribution < -0.4 is 0 Å². The van der Waals surface area contributed by atoms with Crippen LogP contribution >= 0.6 is 0 Å². The molecule has 4 saturated heterocycles. The molecule has 4 aliphatic rings. The number of carbonyl (C=O) groups is 1. The lowest BCUT2D eigenvalue weighted by Crippen LogP contribution is -2.60. The molecule has 0 aliphatic carbocycles. The van der Waals surface area contributed by atoms with E-state index in [9.17, 15) is 4.79 Å². The summed E-state index contributed by atoms with van der Waals surface area (Å²) in [6.45, 7) is 3.90. The van der Waals surface area contributed by atoms with Crippen LogP contribution in [-0.2, 0) is 11.3 Å². The molecule has 6 rings (SSSR count). The predicted molar refractivity (Wildman–Crippen MR) is 97.4 cm³/mol. The van der Waals surface area contributed by atoms with E-state index in [1.807, 2.05) is 4.57 Å². The first kappa shape index (κ1) is 16.0. The maximum absolute atomic E-state index is 13.1. The molecule has 1 aromatic carbocycles. The number of fused-ring (bicyclic) bond motifs is 2. The highest BCUT2D eigenvalue weighted by molar-refractivity contribution is 5.77. The van der Waals surface area contributed by atoms with Gasteiger partial charge in [-0.05, 0) is 37.4 Å². The summed E-state index contributed by atoms with van der Waals surface area (Å²) in [5.41, 5.74) is 1.38. The van der Waals surface area contributed by atoms with E-state index in [1.54, 1.807) is 12.7 Å². The zero-order valence-corrected chi connectivity index (χ0v) is 14.9. The van der Waals surface area contributed by atoms with Gasteiger partial charge >= 0.3 is 0 Å². The molecule has 2 aromatic rings. The number of hydrogen-bond acceptors (Lipinski definition) is 4. The number of likely N-dealkylation sites (tertiary alicyclic amines) is 1. The molecule has 4 fully saturated rings. The number of carbonyl (C=O) groups excluding carboxylic acids is 1. The van der Waals surface area contributed by atoms with E-state index in [2.05, 4.69) is 50.3 Å².